The summed E-state index contributed by atoms with van der Waals surface area (Å²) in [6, 6.07) is 6.25. The van der Waals surface area contributed by atoms with Crippen LogP contribution in [0, 0.1) is 0 Å². The molecule has 0 saturated carbocycles. The molecule has 0 radical (unpaired) electrons. The molecule has 1 unspecified atom stereocenters. The minimum Gasteiger partial charge on any atom is -0.444 e. The lowest BCUT2D eigenvalue weighted by molar-refractivity contribution is 0.0202. The largest absolute Gasteiger partial charge is 0.444 e. The van der Waals surface area contributed by atoms with Gasteiger partial charge < -0.3 is 9.30 Å². The summed E-state index contributed by atoms with van der Waals surface area (Å²) in [7, 11) is 2.08. The molecule has 1 aromatic carbocycles. The number of benzene rings is 1. The van der Waals surface area contributed by atoms with Crippen LogP contribution in [0.4, 0.5) is 4.79 Å². The Bertz CT molecular complexity index is 835. The topological polar surface area (TPSA) is 34.5 Å². The molecule has 1 aliphatic heterocycles. The predicted molar refractivity (Wildman–Crippen MR) is 102 cm³/mol. The lowest BCUT2D eigenvalue weighted by Crippen LogP contribution is -2.39. The Hall–Kier alpha value is -2.23. The first-order chi connectivity index (χ1) is 11.7. The SMILES string of the molecule is CC(C)=CC1c2cccc3c2c(cn3C)CCN1C(=O)OC(C)(C)C. The number of rotatable bonds is 1. The summed E-state index contributed by atoms with van der Waals surface area (Å²) in [5, 5.41) is 1.28. The van der Waals surface area contributed by atoms with Crippen LogP contribution in [0.5, 0.6) is 0 Å². The van der Waals surface area contributed by atoms with Gasteiger partial charge in [0.25, 0.3) is 0 Å². The molecule has 1 aliphatic rings. The average molecular weight is 340 g/mol. The minimum atomic E-state index is -0.500. The van der Waals surface area contributed by atoms with Crippen molar-refractivity contribution in [1.82, 2.24) is 9.47 Å². The molecule has 0 saturated heterocycles. The van der Waals surface area contributed by atoms with Gasteiger partial charge in [0.15, 0.2) is 0 Å². The summed E-state index contributed by atoms with van der Waals surface area (Å²) >= 11 is 0. The second kappa shape index (κ2) is 6.25. The Kier molecular flexibility index (Phi) is 4.40. The number of carbonyl (C=O) groups is 1. The summed E-state index contributed by atoms with van der Waals surface area (Å²) in [6.45, 7) is 10.5. The fourth-order valence-corrected chi connectivity index (χ4v) is 3.57. The standard InChI is InChI=1S/C21H28N2O2/c1-14(2)12-18-16-8-7-9-17-19(16)15(13-22(17)6)10-11-23(18)20(24)25-21(3,4)5/h7-9,12-13,18H,10-11H2,1-6H3. The summed E-state index contributed by atoms with van der Waals surface area (Å²) in [5.74, 6) is 0. The molecule has 0 N–H and O–H groups in total. The number of ether oxygens (including phenoxy) is 1. The molecule has 0 aliphatic carbocycles. The first kappa shape index (κ1) is 17.6. The fraction of sp³-hybridized carbons (Fsp3) is 0.476. The van der Waals surface area contributed by atoms with Crippen molar-refractivity contribution in [1.29, 1.82) is 0 Å². The zero-order chi connectivity index (χ0) is 18.4. The third-order valence-electron chi connectivity index (χ3n) is 4.52. The van der Waals surface area contributed by atoms with E-state index in [9.17, 15) is 4.79 Å². The van der Waals surface area contributed by atoms with Gasteiger partial charge in [-0.25, -0.2) is 4.79 Å². The highest BCUT2D eigenvalue weighted by atomic mass is 16.6. The molecular formula is C21H28N2O2. The van der Waals surface area contributed by atoms with E-state index in [1.807, 2.05) is 25.7 Å². The molecule has 0 fully saturated rings. The normalized spacial score (nSPS) is 17.4. The summed E-state index contributed by atoms with van der Waals surface area (Å²) in [4.78, 5) is 14.8. The maximum atomic E-state index is 12.9. The fourth-order valence-electron chi connectivity index (χ4n) is 3.57. The third-order valence-corrected chi connectivity index (χ3v) is 4.52. The van der Waals surface area contributed by atoms with E-state index in [0.29, 0.717) is 6.54 Å². The first-order valence-corrected chi connectivity index (χ1v) is 8.89. The predicted octanol–water partition coefficient (Wildman–Crippen LogP) is 4.98. The van der Waals surface area contributed by atoms with Crippen LogP contribution in [-0.2, 0) is 18.2 Å². The van der Waals surface area contributed by atoms with Crippen molar-refractivity contribution in [2.75, 3.05) is 6.54 Å². The van der Waals surface area contributed by atoms with Gasteiger partial charge in [0.1, 0.15) is 5.60 Å². The highest BCUT2D eigenvalue weighted by Gasteiger charge is 2.32. The summed E-state index contributed by atoms with van der Waals surface area (Å²) in [5.41, 5.74) is 4.38. The van der Waals surface area contributed by atoms with Crippen LogP contribution in [0.3, 0.4) is 0 Å². The number of carbonyl (C=O) groups excluding carboxylic acids is 1. The van der Waals surface area contributed by atoms with Crippen LogP contribution in [0.15, 0.2) is 36.0 Å². The van der Waals surface area contributed by atoms with Gasteiger partial charge in [-0.15, -0.1) is 0 Å². The van der Waals surface area contributed by atoms with Gasteiger partial charge >= 0.3 is 6.09 Å². The smallest absolute Gasteiger partial charge is 0.411 e. The monoisotopic (exact) mass is 340 g/mol. The molecule has 25 heavy (non-hydrogen) atoms. The van der Waals surface area contributed by atoms with Gasteiger partial charge in [0.05, 0.1) is 6.04 Å². The highest BCUT2D eigenvalue weighted by Crippen LogP contribution is 2.37. The number of amides is 1. The van der Waals surface area contributed by atoms with Gasteiger partial charge in [0.2, 0.25) is 0 Å². The lowest BCUT2D eigenvalue weighted by Gasteiger charge is -2.32. The van der Waals surface area contributed by atoms with E-state index in [0.717, 1.165) is 6.42 Å². The number of hydrogen-bond donors (Lipinski definition) is 0. The zero-order valence-electron chi connectivity index (χ0n) is 16.1. The Morgan fingerprint density at radius 2 is 2.00 bits per heavy atom. The highest BCUT2D eigenvalue weighted by molar-refractivity contribution is 5.89. The first-order valence-electron chi connectivity index (χ1n) is 8.89. The van der Waals surface area contributed by atoms with E-state index >= 15 is 0 Å². The van der Waals surface area contributed by atoms with Crippen molar-refractivity contribution < 1.29 is 9.53 Å². The molecule has 0 bridgehead atoms. The van der Waals surface area contributed by atoms with Gasteiger partial charge in [-0.3, -0.25) is 4.90 Å². The number of allylic oxidation sites excluding steroid dienone is 1. The molecule has 1 aromatic heterocycles. The van der Waals surface area contributed by atoms with Crippen LogP contribution in [-0.4, -0.2) is 27.7 Å². The molecule has 3 rings (SSSR count). The van der Waals surface area contributed by atoms with Crippen LogP contribution >= 0.6 is 0 Å². The van der Waals surface area contributed by atoms with Crippen molar-refractivity contribution in [3.05, 3.63) is 47.2 Å². The van der Waals surface area contributed by atoms with E-state index in [1.54, 1.807) is 0 Å². The van der Waals surface area contributed by atoms with E-state index in [-0.39, 0.29) is 12.1 Å². The van der Waals surface area contributed by atoms with Crippen molar-refractivity contribution in [2.24, 2.45) is 7.05 Å². The molecule has 2 aromatic rings. The van der Waals surface area contributed by atoms with Crippen LogP contribution < -0.4 is 0 Å². The molecule has 134 valence electrons. The van der Waals surface area contributed by atoms with E-state index in [2.05, 4.69) is 55.9 Å². The molecule has 2 heterocycles. The maximum Gasteiger partial charge on any atom is 0.411 e. The maximum absolute atomic E-state index is 12.9. The molecule has 1 atom stereocenters. The Morgan fingerprint density at radius 3 is 2.64 bits per heavy atom. The van der Waals surface area contributed by atoms with Gasteiger partial charge in [-0.05, 0) is 58.2 Å². The summed E-state index contributed by atoms with van der Waals surface area (Å²) in [6.07, 6.45) is 4.94. The van der Waals surface area contributed by atoms with E-state index < -0.39 is 5.60 Å². The second-order valence-electron chi connectivity index (χ2n) is 8.12. The van der Waals surface area contributed by atoms with E-state index in [4.69, 9.17) is 4.74 Å². The number of hydrogen-bond acceptors (Lipinski definition) is 2. The molecule has 1 amide bonds. The number of aromatic nitrogens is 1. The quantitative estimate of drug-likeness (QED) is 0.686. The lowest BCUT2D eigenvalue weighted by atomic mass is 9.98. The Balaban J connectivity index is 2.13. The van der Waals surface area contributed by atoms with Crippen LogP contribution in [0.2, 0.25) is 0 Å². The van der Waals surface area contributed by atoms with Gasteiger partial charge in [-0.2, -0.15) is 0 Å². The number of nitrogens with zero attached hydrogens (tertiary/aromatic N) is 2. The average Bonchev–Trinajstić information content (AvgIpc) is 2.72. The second-order valence-corrected chi connectivity index (χ2v) is 8.12. The van der Waals surface area contributed by atoms with Crippen molar-refractivity contribution in [2.45, 2.75) is 52.7 Å². The Morgan fingerprint density at radius 1 is 1.28 bits per heavy atom. The molecule has 0 spiro atoms. The number of aryl methyl sites for hydroxylation is 1. The van der Waals surface area contributed by atoms with Crippen LogP contribution in [0.25, 0.3) is 10.9 Å². The third kappa shape index (κ3) is 3.44. The van der Waals surface area contributed by atoms with Crippen molar-refractivity contribution in [3.8, 4) is 0 Å². The van der Waals surface area contributed by atoms with Gasteiger partial charge in [0, 0.05) is 30.7 Å². The Labute approximate surface area is 150 Å². The minimum absolute atomic E-state index is 0.104. The molecular weight excluding hydrogens is 312 g/mol. The summed E-state index contributed by atoms with van der Waals surface area (Å²) < 4.78 is 7.87. The van der Waals surface area contributed by atoms with Crippen molar-refractivity contribution >= 4 is 17.0 Å². The zero-order valence-corrected chi connectivity index (χ0v) is 16.1. The van der Waals surface area contributed by atoms with E-state index in [1.165, 1.54) is 27.6 Å². The van der Waals surface area contributed by atoms with Crippen LogP contribution in [0.1, 0.15) is 51.8 Å². The molecule has 4 heteroatoms. The molecule has 4 nitrogen and oxygen atoms in total. The van der Waals surface area contributed by atoms with Crippen molar-refractivity contribution in [3.63, 3.8) is 0 Å². The van der Waals surface area contributed by atoms with Gasteiger partial charge in [-0.1, -0.05) is 23.8 Å².